The first kappa shape index (κ1) is 107. The molecule has 20 N–H and O–H groups in total. The van der Waals surface area contributed by atoms with Crippen molar-refractivity contribution in [3.05, 3.63) is 203 Å². The number of aromatic hydroxyl groups is 2. The van der Waals surface area contributed by atoms with Crippen molar-refractivity contribution in [2.75, 3.05) is 59.3 Å². The number of primary amides is 2. The van der Waals surface area contributed by atoms with Gasteiger partial charge in [-0.05, 0) is 108 Å². The summed E-state index contributed by atoms with van der Waals surface area (Å²) < 4.78 is 0. The second kappa shape index (κ2) is 52.2. The Labute approximate surface area is 803 Å². The van der Waals surface area contributed by atoms with Crippen LogP contribution in [-0.4, -0.2) is 294 Å². The van der Waals surface area contributed by atoms with Crippen molar-refractivity contribution in [2.45, 2.75) is 208 Å². The van der Waals surface area contributed by atoms with Gasteiger partial charge in [-0.15, -0.1) is 11.8 Å². The molecule has 2 saturated heterocycles. The number of nitrogens with two attached hydrogens (primary N) is 3. The van der Waals surface area contributed by atoms with E-state index in [1.54, 1.807) is 135 Å². The molecule has 39 nitrogen and oxygen atoms in total. The van der Waals surface area contributed by atoms with Crippen LogP contribution >= 0.6 is 11.8 Å². The van der Waals surface area contributed by atoms with Gasteiger partial charge in [-0.1, -0.05) is 167 Å². The molecule has 1 aromatic heterocycles. The number of hydrogen-bond acceptors (Lipinski definition) is 22. The number of phenols is 2. The number of rotatable bonds is 28. The number of fused-ring (bicyclic) bond motifs is 2. The van der Waals surface area contributed by atoms with Gasteiger partial charge in [-0.25, -0.2) is 0 Å². The Morgan fingerprint density at radius 1 is 0.464 bits per heavy atom. The van der Waals surface area contributed by atoms with Crippen LogP contribution in [0.2, 0.25) is 0 Å². The molecule has 0 aliphatic carbocycles. The summed E-state index contributed by atoms with van der Waals surface area (Å²) >= 11 is 0.794. The fourth-order valence-corrected chi connectivity index (χ4v) is 17.5. The summed E-state index contributed by atoms with van der Waals surface area (Å²) in [5.74, 6) is -19.4. The number of nitrogens with zero attached hydrogens (tertiary/aromatic N) is 5. The van der Waals surface area contributed by atoms with E-state index in [1.165, 1.54) is 69.7 Å². The number of aromatic amines is 1. The summed E-state index contributed by atoms with van der Waals surface area (Å²) in [4.78, 5) is 261. The number of thioether (sulfide) groups is 1. The second-order valence-corrected chi connectivity index (χ2v) is 36.1. The number of likely N-dealkylation sites (N-methyl/N-ethyl adjacent to an activating group) is 4. The number of nitrogens with one attached hydrogen (secondary N) is 10. The predicted octanol–water partition coefficient (Wildman–Crippen LogP) is 0.547. The number of para-hydroxylation sites is 1. The Bertz CT molecular complexity index is 5410. The number of carboxylic acids is 1. The first-order valence-electron chi connectivity index (χ1n) is 45.9. The molecule has 740 valence electrons. The Kier molecular flexibility index (Phi) is 40.6. The first-order chi connectivity index (χ1) is 65.8. The minimum absolute atomic E-state index is 0.0345. The molecule has 138 heavy (non-hydrogen) atoms. The molecule has 16 amide bonds. The Morgan fingerprint density at radius 3 is 1.49 bits per heavy atom. The van der Waals surface area contributed by atoms with E-state index in [9.17, 15) is 44.4 Å². The van der Waals surface area contributed by atoms with E-state index in [-0.39, 0.29) is 75.8 Å². The predicted molar refractivity (Wildman–Crippen MR) is 511 cm³/mol. The number of benzene rings is 6. The molecule has 0 radical (unpaired) electrons. The number of aliphatic hydroxyl groups excluding tert-OH is 1. The number of amides is 16. The van der Waals surface area contributed by atoms with Gasteiger partial charge in [-0.3, -0.25) is 81.5 Å². The third-order valence-electron chi connectivity index (χ3n) is 24.4. The van der Waals surface area contributed by atoms with Gasteiger partial charge >= 0.3 is 5.97 Å². The second-order valence-electron chi connectivity index (χ2n) is 35.1. The van der Waals surface area contributed by atoms with Crippen LogP contribution in [0.3, 0.4) is 0 Å². The van der Waals surface area contributed by atoms with Crippen LogP contribution < -0.4 is 65.1 Å². The lowest BCUT2D eigenvalue weighted by molar-refractivity contribution is -0.152. The van der Waals surface area contributed by atoms with Crippen LogP contribution in [0.4, 0.5) is 0 Å². The van der Waals surface area contributed by atoms with Crippen LogP contribution in [0.1, 0.15) is 118 Å². The zero-order valence-corrected chi connectivity index (χ0v) is 79.1. The highest BCUT2D eigenvalue weighted by Gasteiger charge is 2.47. The lowest BCUT2D eigenvalue weighted by Crippen LogP contribution is -2.62. The molecule has 2 aliphatic rings. The van der Waals surface area contributed by atoms with E-state index in [2.05, 4.69) is 52.8 Å². The van der Waals surface area contributed by atoms with E-state index in [1.807, 2.05) is 6.92 Å². The SMILES string of the molecule is CCCC[C@H]1C(=O)N2C[C@H](O)C[C@@H]2C(=O)N[C@@H](CC(N)=O)C(=O)N[C@@H](C(C)C)C(=O)N(C)[C@@H](Cc2ccccc2)C(=O)N[C@@H](Cc2ccc(O)cc2)C(=O)N(C)[C@H](CCC(=O)O)C(=O)N[C@@H](Cc2c[nH]c3ccccc23)C(=O)N[C@@H](Cc2ccc(O)cc2)C(=O)N[C@@H](CCCCN)C(=O)N[C@H](C(=O)NCC(N)=O)CSCC(=O)N[C@@H](Cc2ccccc2)C(=O)N(C)[C@@H](Cc2ccccc2)C(=O)N1C. The molecule has 2 fully saturated rings. The van der Waals surface area contributed by atoms with Crippen LogP contribution in [-0.2, 0) is 120 Å². The molecular formula is C98H126N18O21S. The number of hydrogen-bond donors (Lipinski definition) is 17. The van der Waals surface area contributed by atoms with Crippen molar-refractivity contribution in [3.8, 4) is 11.5 Å². The number of aromatic nitrogens is 1. The number of carbonyl (C=O) groups is 17. The number of phenolic OH excluding ortho intramolecular Hbond substituents is 2. The number of carbonyl (C=O) groups excluding carboxylic acids is 16. The lowest BCUT2D eigenvalue weighted by Gasteiger charge is -2.38. The zero-order valence-electron chi connectivity index (χ0n) is 78.3. The van der Waals surface area contributed by atoms with E-state index >= 15 is 57.5 Å². The van der Waals surface area contributed by atoms with Gasteiger partial charge in [0.25, 0.3) is 0 Å². The minimum Gasteiger partial charge on any atom is -0.508 e. The van der Waals surface area contributed by atoms with Crippen molar-refractivity contribution < 1.29 is 102 Å². The summed E-state index contributed by atoms with van der Waals surface area (Å²) in [5.41, 5.74) is 20.5. The average molecular weight is 1920 g/mol. The molecule has 0 unspecified atom stereocenters. The van der Waals surface area contributed by atoms with Crippen molar-refractivity contribution in [1.29, 1.82) is 0 Å². The molecule has 0 spiro atoms. The number of unbranched alkanes of at least 4 members (excludes halogenated alkanes) is 2. The van der Waals surface area contributed by atoms with E-state index in [0.717, 1.165) is 43.3 Å². The first-order valence-corrected chi connectivity index (χ1v) is 47.0. The monoisotopic (exact) mass is 1920 g/mol. The Morgan fingerprint density at radius 2 is 0.935 bits per heavy atom. The molecule has 40 heteroatoms. The standard InChI is InChI=1S/C98H126N18O21S/c1-8-9-32-77-97(136)116-54-66(119)50-79(116)93(132)108-72(51-81(100)120)90(129)111-85(57(2)3)98(137)114(6)78(47-59-25-15-11-16-26-59)92(131)109-74(46-62-35-39-65(118)40-36-62)95(134)112(4)76(41-42-84(123)124)91(130)107-71(49-63-52-102-68-30-20-19-29-67(63)68)89(128)106-70(44-61-33-37-64(117)38-34-61)88(127)105-69(31-21-22-43-99)87(126)110-75(86(125)103-53-82(101)121)55-138-56-83(122)104-73(45-58-23-13-10-14-24-58)94(133)115(7)80(96(135)113(77)5)48-60-27-17-12-18-28-60/h10-20,23-30,33-40,52,57,66,69-80,85,102,117-119H,8-9,21-22,31-32,41-51,53-56,99H2,1-7H3,(H2,100,120)(H2,101,121)(H,103,125)(H,104,122)(H,105,127)(H,106,128)(H,107,130)(H,108,132)(H,109,131)(H,110,126)(H,111,129)(H,123,124)/t66-,69+,70+,71+,72+,73+,74+,75+,76-,77+,78+,79-,80+,85+/m1/s1. The van der Waals surface area contributed by atoms with Crippen LogP contribution in [0.25, 0.3) is 10.9 Å². The molecule has 14 atom stereocenters. The topological polar surface area (TPSA) is 589 Å². The Hall–Kier alpha value is -14.3. The quantitative estimate of drug-likeness (QED) is 0.0298. The number of carboxylic acid groups (broad SMARTS) is 1. The normalized spacial score (nSPS) is 23.2. The highest BCUT2D eigenvalue weighted by molar-refractivity contribution is 8.00. The van der Waals surface area contributed by atoms with Gasteiger partial charge in [0.2, 0.25) is 94.5 Å². The summed E-state index contributed by atoms with van der Waals surface area (Å²) in [7, 11) is 5.10. The number of aliphatic carboxylic acids is 1. The molecule has 7 aromatic rings. The van der Waals surface area contributed by atoms with E-state index in [4.69, 9.17) is 17.2 Å². The largest absolute Gasteiger partial charge is 0.508 e. The average Bonchev–Trinajstić information content (AvgIpc) is 1.57. The van der Waals surface area contributed by atoms with Crippen LogP contribution in [0, 0.1) is 5.92 Å². The fourth-order valence-electron chi connectivity index (χ4n) is 16.6. The van der Waals surface area contributed by atoms with Crippen molar-refractivity contribution >= 4 is 123 Å². The molecule has 0 saturated carbocycles. The molecule has 6 aromatic carbocycles. The maximum absolute atomic E-state index is 15.8. The lowest BCUT2D eigenvalue weighted by atomic mass is 9.98. The van der Waals surface area contributed by atoms with E-state index in [0.29, 0.717) is 57.1 Å². The highest BCUT2D eigenvalue weighted by Crippen LogP contribution is 2.28. The van der Waals surface area contributed by atoms with Gasteiger partial charge in [0, 0.05) is 109 Å². The molecular weight excluding hydrogens is 1800 g/mol. The van der Waals surface area contributed by atoms with Gasteiger partial charge in [0.1, 0.15) is 90.0 Å². The molecule has 9 rings (SSSR count). The van der Waals surface area contributed by atoms with Gasteiger partial charge < -0.3 is 115 Å². The third kappa shape index (κ3) is 31.1. The Balaban J connectivity index is 1.16. The van der Waals surface area contributed by atoms with Gasteiger partial charge in [0.15, 0.2) is 0 Å². The summed E-state index contributed by atoms with van der Waals surface area (Å²) in [6, 6.07) is 22.0. The van der Waals surface area contributed by atoms with Crippen LogP contribution in [0.5, 0.6) is 11.5 Å². The number of H-pyrrole nitrogens is 1. The molecule has 3 heterocycles. The minimum atomic E-state index is -1.90. The maximum atomic E-state index is 15.8. The summed E-state index contributed by atoms with van der Waals surface area (Å²) in [6.07, 6.45) is -3.35. The van der Waals surface area contributed by atoms with Gasteiger partial charge in [0.05, 0.1) is 24.8 Å². The highest BCUT2D eigenvalue weighted by atomic mass is 32.2. The van der Waals surface area contributed by atoms with E-state index < -0.39 is 248 Å². The molecule has 0 bridgehead atoms. The zero-order chi connectivity index (χ0) is 101. The van der Waals surface area contributed by atoms with Crippen molar-refractivity contribution in [2.24, 2.45) is 23.1 Å². The molecule has 2 aliphatic heterocycles. The number of aliphatic hydroxyl groups is 1. The maximum Gasteiger partial charge on any atom is 0.303 e. The third-order valence-corrected chi connectivity index (χ3v) is 25.4. The van der Waals surface area contributed by atoms with Crippen LogP contribution in [0.15, 0.2) is 170 Å². The fraction of sp³-hybridized carbons (Fsp3) is 0.439. The summed E-state index contributed by atoms with van der Waals surface area (Å²) in [5, 5.41) is 67.3. The summed E-state index contributed by atoms with van der Waals surface area (Å²) in [6.45, 7) is 3.83. The smallest absolute Gasteiger partial charge is 0.303 e. The van der Waals surface area contributed by atoms with Crippen molar-refractivity contribution in [1.82, 2.24) is 77.3 Å². The van der Waals surface area contributed by atoms with Gasteiger partial charge in [-0.2, -0.15) is 0 Å². The van der Waals surface area contributed by atoms with Crippen molar-refractivity contribution in [3.63, 3.8) is 0 Å².